The van der Waals surface area contributed by atoms with E-state index in [4.69, 9.17) is 0 Å². The lowest BCUT2D eigenvalue weighted by Crippen LogP contribution is -2.41. The fourth-order valence-corrected chi connectivity index (χ4v) is 5.02. The van der Waals surface area contributed by atoms with Crippen LogP contribution in [0.25, 0.3) is 10.8 Å². The summed E-state index contributed by atoms with van der Waals surface area (Å²) in [5.41, 5.74) is 1.34. The van der Waals surface area contributed by atoms with E-state index in [9.17, 15) is 14.0 Å². The SMILES string of the molecule is O=C(c1cc(Cc2n[nH]c(=O)c3ccccc23)ccc1F)N1CC[C@@H](N2CCCCC2)C1. The number of fused-ring (bicyclic) bond motifs is 1. The topological polar surface area (TPSA) is 69.3 Å². The molecule has 1 atom stereocenters. The number of hydrogen-bond acceptors (Lipinski definition) is 4. The number of carbonyl (C=O) groups excluding carboxylic acids is 1. The molecule has 3 aromatic rings. The van der Waals surface area contributed by atoms with Gasteiger partial charge in [-0.3, -0.25) is 14.5 Å². The van der Waals surface area contributed by atoms with Crippen molar-refractivity contribution < 1.29 is 9.18 Å². The first-order valence-corrected chi connectivity index (χ1v) is 11.4. The highest BCUT2D eigenvalue weighted by atomic mass is 19.1. The molecule has 5 rings (SSSR count). The molecule has 0 spiro atoms. The average molecular weight is 435 g/mol. The number of rotatable bonds is 4. The number of carbonyl (C=O) groups is 1. The van der Waals surface area contributed by atoms with Crippen LogP contribution in [0.15, 0.2) is 47.3 Å². The van der Waals surface area contributed by atoms with Crippen LogP contribution in [0, 0.1) is 5.82 Å². The van der Waals surface area contributed by atoms with Gasteiger partial charge in [-0.15, -0.1) is 0 Å². The number of halogens is 1. The Kier molecular flexibility index (Phi) is 5.74. The Morgan fingerprint density at radius 1 is 1.06 bits per heavy atom. The van der Waals surface area contributed by atoms with Crippen LogP contribution in [-0.4, -0.2) is 58.1 Å². The summed E-state index contributed by atoms with van der Waals surface area (Å²) in [6, 6.07) is 12.3. The second kappa shape index (κ2) is 8.82. The van der Waals surface area contributed by atoms with Crippen LogP contribution in [-0.2, 0) is 6.42 Å². The summed E-state index contributed by atoms with van der Waals surface area (Å²) >= 11 is 0. The molecule has 2 fully saturated rings. The van der Waals surface area contributed by atoms with Crippen molar-refractivity contribution in [3.63, 3.8) is 0 Å². The van der Waals surface area contributed by atoms with Crippen molar-refractivity contribution in [2.75, 3.05) is 26.2 Å². The molecule has 1 aromatic heterocycles. The van der Waals surface area contributed by atoms with E-state index >= 15 is 0 Å². The van der Waals surface area contributed by atoms with Crippen LogP contribution < -0.4 is 5.56 Å². The van der Waals surface area contributed by atoms with Crippen molar-refractivity contribution in [2.45, 2.75) is 38.1 Å². The fourth-order valence-electron chi connectivity index (χ4n) is 5.02. The molecule has 2 aliphatic heterocycles. The molecule has 2 aliphatic rings. The molecule has 0 radical (unpaired) electrons. The van der Waals surface area contributed by atoms with E-state index < -0.39 is 5.82 Å². The Balaban J connectivity index is 1.36. The molecule has 6 nitrogen and oxygen atoms in total. The Morgan fingerprint density at radius 2 is 1.84 bits per heavy atom. The third kappa shape index (κ3) is 4.05. The van der Waals surface area contributed by atoms with Crippen molar-refractivity contribution in [2.24, 2.45) is 0 Å². The minimum atomic E-state index is -0.501. The van der Waals surface area contributed by atoms with Crippen LogP contribution in [0.4, 0.5) is 4.39 Å². The third-order valence-corrected chi connectivity index (χ3v) is 6.77. The molecule has 7 heteroatoms. The number of aromatic amines is 1. The maximum atomic E-state index is 14.6. The van der Waals surface area contributed by atoms with E-state index in [1.165, 1.54) is 25.3 Å². The molecule has 1 amide bonds. The maximum Gasteiger partial charge on any atom is 0.272 e. The number of H-pyrrole nitrogens is 1. The second-order valence-electron chi connectivity index (χ2n) is 8.83. The van der Waals surface area contributed by atoms with Gasteiger partial charge in [-0.2, -0.15) is 5.10 Å². The number of nitrogens with one attached hydrogen (secondary N) is 1. The Labute approximate surface area is 186 Å². The van der Waals surface area contributed by atoms with E-state index in [1.54, 1.807) is 23.1 Å². The number of hydrogen-bond donors (Lipinski definition) is 1. The van der Waals surface area contributed by atoms with E-state index in [2.05, 4.69) is 15.1 Å². The van der Waals surface area contributed by atoms with Crippen molar-refractivity contribution in [1.82, 2.24) is 20.0 Å². The number of likely N-dealkylation sites (tertiary alicyclic amines) is 2. The van der Waals surface area contributed by atoms with Crippen LogP contribution in [0.2, 0.25) is 0 Å². The van der Waals surface area contributed by atoms with Gasteiger partial charge in [0.1, 0.15) is 5.82 Å². The minimum Gasteiger partial charge on any atom is -0.337 e. The number of aromatic nitrogens is 2. The lowest BCUT2D eigenvalue weighted by Gasteiger charge is -2.32. The fraction of sp³-hybridized carbons (Fsp3) is 0.400. The molecule has 0 unspecified atom stereocenters. The summed E-state index contributed by atoms with van der Waals surface area (Å²) in [5.74, 6) is -0.748. The monoisotopic (exact) mass is 434 g/mol. The maximum absolute atomic E-state index is 14.6. The first-order chi connectivity index (χ1) is 15.6. The van der Waals surface area contributed by atoms with Crippen molar-refractivity contribution in [3.05, 3.63) is 75.5 Å². The van der Waals surface area contributed by atoms with Crippen molar-refractivity contribution in [1.29, 1.82) is 0 Å². The molecular formula is C25H27FN4O2. The summed E-state index contributed by atoms with van der Waals surface area (Å²) in [4.78, 5) is 29.5. The molecular weight excluding hydrogens is 407 g/mol. The smallest absolute Gasteiger partial charge is 0.272 e. The highest BCUT2D eigenvalue weighted by molar-refractivity contribution is 5.95. The van der Waals surface area contributed by atoms with Gasteiger partial charge >= 0.3 is 0 Å². The van der Waals surface area contributed by atoms with Gasteiger partial charge < -0.3 is 4.90 Å². The lowest BCUT2D eigenvalue weighted by atomic mass is 10.0. The molecule has 1 N–H and O–H groups in total. The Bertz CT molecular complexity index is 1200. The first kappa shape index (κ1) is 20.8. The summed E-state index contributed by atoms with van der Waals surface area (Å²) in [6.45, 7) is 3.51. The first-order valence-electron chi connectivity index (χ1n) is 11.4. The second-order valence-corrected chi connectivity index (χ2v) is 8.83. The van der Waals surface area contributed by atoms with Crippen molar-refractivity contribution >= 4 is 16.7 Å². The quantitative estimate of drug-likeness (QED) is 0.684. The lowest BCUT2D eigenvalue weighted by molar-refractivity contribution is 0.0767. The molecule has 0 aliphatic carbocycles. The van der Waals surface area contributed by atoms with Gasteiger partial charge in [0.25, 0.3) is 11.5 Å². The van der Waals surface area contributed by atoms with Gasteiger partial charge in [-0.05, 0) is 56.1 Å². The highest BCUT2D eigenvalue weighted by Crippen LogP contribution is 2.24. The number of piperidine rings is 1. The molecule has 2 aromatic carbocycles. The van der Waals surface area contributed by atoms with Crippen LogP contribution >= 0.6 is 0 Å². The molecule has 0 bridgehead atoms. The van der Waals surface area contributed by atoms with Gasteiger partial charge in [0.05, 0.1) is 16.6 Å². The predicted octanol–water partition coefficient (Wildman–Crippen LogP) is 3.35. The number of benzene rings is 2. The number of amides is 1. The Morgan fingerprint density at radius 3 is 2.66 bits per heavy atom. The summed E-state index contributed by atoms with van der Waals surface area (Å²) in [7, 11) is 0. The molecule has 0 saturated carbocycles. The standard InChI is InChI=1S/C25H27FN4O2/c26-22-9-8-17(15-23-19-6-2-3-7-20(19)24(31)28-27-23)14-21(22)25(32)30-13-10-18(16-30)29-11-4-1-5-12-29/h2-3,6-9,14,18H,1,4-5,10-13,15-16H2,(H,28,31)/t18-/m1/s1. The van der Waals surface area contributed by atoms with Gasteiger partial charge in [-0.1, -0.05) is 30.7 Å². The van der Waals surface area contributed by atoms with Crippen LogP contribution in [0.5, 0.6) is 0 Å². The zero-order chi connectivity index (χ0) is 22.1. The van der Waals surface area contributed by atoms with E-state index in [0.717, 1.165) is 30.5 Å². The van der Waals surface area contributed by atoms with Crippen LogP contribution in [0.3, 0.4) is 0 Å². The molecule has 3 heterocycles. The van der Waals surface area contributed by atoms with Gasteiger partial charge in [0.15, 0.2) is 0 Å². The van der Waals surface area contributed by atoms with Gasteiger partial charge in [0, 0.05) is 30.9 Å². The Hall–Kier alpha value is -3.06. The van der Waals surface area contributed by atoms with Crippen molar-refractivity contribution in [3.8, 4) is 0 Å². The minimum absolute atomic E-state index is 0.107. The van der Waals surface area contributed by atoms with Gasteiger partial charge in [-0.25, -0.2) is 9.49 Å². The predicted molar refractivity (Wildman–Crippen MR) is 121 cm³/mol. The summed E-state index contributed by atoms with van der Waals surface area (Å²) in [5, 5.41) is 8.07. The molecule has 32 heavy (non-hydrogen) atoms. The van der Waals surface area contributed by atoms with E-state index in [-0.39, 0.29) is 17.0 Å². The zero-order valence-electron chi connectivity index (χ0n) is 18.0. The normalized spacial score (nSPS) is 19.5. The van der Waals surface area contributed by atoms with E-state index in [1.807, 2.05) is 18.2 Å². The molecule has 2 saturated heterocycles. The largest absolute Gasteiger partial charge is 0.337 e. The highest BCUT2D eigenvalue weighted by Gasteiger charge is 2.32. The van der Waals surface area contributed by atoms with Gasteiger partial charge in [0.2, 0.25) is 0 Å². The van der Waals surface area contributed by atoms with Crippen LogP contribution in [0.1, 0.15) is 47.3 Å². The third-order valence-electron chi connectivity index (χ3n) is 6.77. The number of nitrogens with zero attached hydrogens (tertiary/aromatic N) is 3. The van der Waals surface area contributed by atoms with E-state index in [0.29, 0.717) is 36.6 Å². The zero-order valence-corrected chi connectivity index (χ0v) is 18.0. The summed E-state index contributed by atoms with van der Waals surface area (Å²) in [6.07, 6.45) is 5.06. The molecule has 166 valence electrons. The average Bonchev–Trinajstić information content (AvgIpc) is 3.33. The summed E-state index contributed by atoms with van der Waals surface area (Å²) < 4.78 is 14.6.